The highest BCUT2D eigenvalue weighted by atomic mass is 16.5. The standard InChI is InChI=1S/C9H17NO4/c1-5-8(3-11)14-4-7(9(5)13)10-6(2)12/h5,7-9,11,13H,3-4H2,1-2H3,(H,10,12)/t5-,7-,8+,9-/m0/s1. The van der Waals surface area contributed by atoms with Gasteiger partial charge < -0.3 is 20.3 Å². The summed E-state index contributed by atoms with van der Waals surface area (Å²) < 4.78 is 5.30. The van der Waals surface area contributed by atoms with Crippen LogP contribution in [0.1, 0.15) is 13.8 Å². The van der Waals surface area contributed by atoms with Crippen LogP contribution < -0.4 is 5.32 Å². The predicted octanol–water partition coefficient (Wildman–Crippen LogP) is -1.12. The summed E-state index contributed by atoms with van der Waals surface area (Å²) in [6.07, 6.45) is -1.00. The van der Waals surface area contributed by atoms with Gasteiger partial charge in [0.1, 0.15) is 0 Å². The average Bonchev–Trinajstić information content (AvgIpc) is 2.13. The first kappa shape index (κ1) is 11.4. The van der Waals surface area contributed by atoms with Crippen molar-refractivity contribution in [2.45, 2.75) is 32.1 Å². The number of ether oxygens (including phenoxy) is 1. The fourth-order valence-corrected chi connectivity index (χ4v) is 1.67. The lowest BCUT2D eigenvalue weighted by molar-refractivity contribution is -0.135. The molecule has 0 bridgehead atoms. The molecule has 0 aromatic heterocycles. The number of nitrogens with one attached hydrogen (secondary N) is 1. The molecule has 0 radical (unpaired) electrons. The van der Waals surface area contributed by atoms with Crippen molar-refractivity contribution in [3.8, 4) is 0 Å². The zero-order valence-corrected chi connectivity index (χ0v) is 8.43. The Labute approximate surface area is 83.1 Å². The van der Waals surface area contributed by atoms with Crippen LogP contribution >= 0.6 is 0 Å². The smallest absolute Gasteiger partial charge is 0.217 e. The zero-order chi connectivity index (χ0) is 10.7. The molecule has 82 valence electrons. The Morgan fingerprint density at radius 1 is 1.64 bits per heavy atom. The molecule has 5 heteroatoms. The van der Waals surface area contributed by atoms with E-state index in [0.29, 0.717) is 0 Å². The van der Waals surface area contributed by atoms with E-state index in [2.05, 4.69) is 5.32 Å². The Balaban J connectivity index is 2.54. The normalized spacial score (nSPS) is 38.0. The minimum Gasteiger partial charge on any atom is -0.394 e. The quantitative estimate of drug-likeness (QED) is 0.531. The molecule has 1 amide bonds. The summed E-state index contributed by atoms with van der Waals surface area (Å²) in [5.74, 6) is -0.363. The highest BCUT2D eigenvalue weighted by molar-refractivity contribution is 5.73. The van der Waals surface area contributed by atoms with Gasteiger partial charge in [-0.2, -0.15) is 0 Å². The Morgan fingerprint density at radius 2 is 2.29 bits per heavy atom. The van der Waals surface area contributed by atoms with Crippen LogP contribution in [0.2, 0.25) is 0 Å². The Kier molecular flexibility index (Phi) is 3.86. The summed E-state index contributed by atoms with van der Waals surface area (Å²) in [5, 5.41) is 21.3. The first-order valence-electron chi connectivity index (χ1n) is 4.74. The number of amides is 1. The maximum absolute atomic E-state index is 10.8. The second kappa shape index (κ2) is 4.72. The van der Waals surface area contributed by atoms with Crippen LogP contribution in [0, 0.1) is 5.92 Å². The van der Waals surface area contributed by atoms with Crippen molar-refractivity contribution in [1.29, 1.82) is 0 Å². The molecule has 0 aromatic carbocycles. The van der Waals surface area contributed by atoms with Crippen molar-refractivity contribution >= 4 is 5.91 Å². The molecule has 1 saturated heterocycles. The van der Waals surface area contributed by atoms with Gasteiger partial charge in [0.25, 0.3) is 0 Å². The maximum Gasteiger partial charge on any atom is 0.217 e. The third-order valence-corrected chi connectivity index (χ3v) is 2.60. The molecule has 3 N–H and O–H groups in total. The van der Waals surface area contributed by atoms with Crippen LogP contribution in [0.3, 0.4) is 0 Å². The van der Waals surface area contributed by atoms with E-state index < -0.39 is 6.10 Å². The fourth-order valence-electron chi connectivity index (χ4n) is 1.67. The summed E-state index contributed by atoms with van der Waals surface area (Å²) >= 11 is 0. The zero-order valence-electron chi connectivity index (χ0n) is 8.43. The molecule has 0 spiro atoms. The second-order valence-corrected chi connectivity index (χ2v) is 3.71. The number of carbonyl (C=O) groups excluding carboxylic acids is 1. The van der Waals surface area contributed by atoms with Gasteiger partial charge in [-0.3, -0.25) is 4.79 Å². The van der Waals surface area contributed by atoms with Gasteiger partial charge in [0, 0.05) is 12.8 Å². The van der Waals surface area contributed by atoms with E-state index in [4.69, 9.17) is 9.84 Å². The van der Waals surface area contributed by atoms with Gasteiger partial charge in [0.05, 0.1) is 31.5 Å². The van der Waals surface area contributed by atoms with Crippen molar-refractivity contribution in [3.05, 3.63) is 0 Å². The molecule has 1 rings (SSSR count). The largest absolute Gasteiger partial charge is 0.394 e. The van der Waals surface area contributed by atoms with Gasteiger partial charge in [0.2, 0.25) is 5.91 Å². The van der Waals surface area contributed by atoms with Gasteiger partial charge in [-0.25, -0.2) is 0 Å². The van der Waals surface area contributed by atoms with Crippen LogP contribution in [0.15, 0.2) is 0 Å². The van der Waals surface area contributed by atoms with Crippen molar-refractivity contribution in [2.75, 3.05) is 13.2 Å². The van der Waals surface area contributed by atoms with Gasteiger partial charge in [-0.1, -0.05) is 6.92 Å². The molecule has 0 unspecified atom stereocenters. The van der Waals surface area contributed by atoms with Crippen LogP contribution in [0.25, 0.3) is 0 Å². The molecule has 0 aliphatic carbocycles. The van der Waals surface area contributed by atoms with E-state index in [0.717, 1.165) is 0 Å². The number of aliphatic hydroxyl groups excluding tert-OH is 2. The molecule has 1 aliphatic rings. The predicted molar refractivity (Wildman–Crippen MR) is 49.6 cm³/mol. The van der Waals surface area contributed by atoms with Crippen LogP contribution in [0.4, 0.5) is 0 Å². The summed E-state index contributed by atoms with van der Waals surface area (Å²) in [5.41, 5.74) is 0. The Morgan fingerprint density at radius 3 is 2.79 bits per heavy atom. The van der Waals surface area contributed by atoms with E-state index >= 15 is 0 Å². The van der Waals surface area contributed by atoms with E-state index in [1.165, 1.54) is 6.92 Å². The number of hydrogen-bond donors (Lipinski definition) is 3. The second-order valence-electron chi connectivity index (χ2n) is 3.71. The molecular weight excluding hydrogens is 186 g/mol. The lowest BCUT2D eigenvalue weighted by Gasteiger charge is -2.38. The lowest BCUT2D eigenvalue weighted by Crippen LogP contribution is -2.56. The summed E-state index contributed by atoms with van der Waals surface area (Å²) in [7, 11) is 0. The van der Waals surface area contributed by atoms with E-state index in [1.807, 2.05) is 0 Å². The van der Waals surface area contributed by atoms with E-state index in [1.54, 1.807) is 6.92 Å². The Bertz CT molecular complexity index is 209. The molecule has 1 aliphatic heterocycles. The Hall–Kier alpha value is -0.650. The molecule has 0 saturated carbocycles. The number of hydrogen-bond acceptors (Lipinski definition) is 4. The van der Waals surface area contributed by atoms with Gasteiger partial charge in [0.15, 0.2) is 0 Å². The van der Waals surface area contributed by atoms with Crippen molar-refractivity contribution < 1.29 is 19.7 Å². The number of aliphatic hydroxyl groups is 2. The van der Waals surface area contributed by atoms with Crippen molar-refractivity contribution in [3.63, 3.8) is 0 Å². The topological polar surface area (TPSA) is 78.8 Å². The molecule has 5 nitrogen and oxygen atoms in total. The van der Waals surface area contributed by atoms with Crippen LogP contribution in [-0.2, 0) is 9.53 Å². The average molecular weight is 203 g/mol. The molecule has 4 atom stereocenters. The third kappa shape index (κ3) is 2.43. The SMILES string of the molecule is CC(=O)N[C@H]1CO[C@H](CO)[C@H](C)[C@@H]1O. The summed E-state index contributed by atoms with van der Waals surface area (Å²) in [6.45, 7) is 3.33. The minimum atomic E-state index is -0.662. The highest BCUT2D eigenvalue weighted by Gasteiger charge is 2.36. The van der Waals surface area contributed by atoms with Gasteiger partial charge in [-0.05, 0) is 0 Å². The summed E-state index contributed by atoms with van der Waals surface area (Å²) in [6, 6.07) is -0.370. The van der Waals surface area contributed by atoms with Crippen LogP contribution in [-0.4, -0.2) is 47.6 Å². The van der Waals surface area contributed by atoms with Crippen LogP contribution in [0.5, 0.6) is 0 Å². The number of rotatable bonds is 2. The number of carbonyl (C=O) groups is 1. The van der Waals surface area contributed by atoms with E-state index in [-0.39, 0.29) is 37.2 Å². The molecule has 14 heavy (non-hydrogen) atoms. The lowest BCUT2D eigenvalue weighted by atomic mass is 9.90. The van der Waals surface area contributed by atoms with Crippen molar-refractivity contribution in [2.24, 2.45) is 5.92 Å². The van der Waals surface area contributed by atoms with Gasteiger partial charge in [-0.15, -0.1) is 0 Å². The fraction of sp³-hybridized carbons (Fsp3) is 0.889. The molecule has 1 fully saturated rings. The highest BCUT2D eigenvalue weighted by Crippen LogP contribution is 2.20. The molecular formula is C9H17NO4. The third-order valence-electron chi connectivity index (χ3n) is 2.60. The minimum absolute atomic E-state index is 0.106. The first-order valence-corrected chi connectivity index (χ1v) is 4.74. The van der Waals surface area contributed by atoms with E-state index in [9.17, 15) is 9.90 Å². The van der Waals surface area contributed by atoms with Crippen molar-refractivity contribution in [1.82, 2.24) is 5.32 Å². The van der Waals surface area contributed by atoms with Gasteiger partial charge >= 0.3 is 0 Å². The molecule has 0 aromatic rings. The molecule has 1 heterocycles. The first-order chi connectivity index (χ1) is 6.56. The maximum atomic E-state index is 10.8. The monoisotopic (exact) mass is 203 g/mol. The summed E-state index contributed by atoms with van der Waals surface area (Å²) in [4.78, 5) is 10.8.